The number of nitrogens with one attached hydrogen (secondary N) is 1. The molecule has 5 N–H and O–H groups in total. The van der Waals surface area contributed by atoms with Gasteiger partial charge in [-0.3, -0.25) is 4.79 Å². The third-order valence-corrected chi connectivity index (χ3v) is 6.89. The van der Waals surface area contributed by atoms with Gasteiger partial charge >= 0.3 is 0 Å². The van der Waals surface area contributed by atoms with Crippen LogP contribution in [0.3, 0.4) is 0 Å². The summed E-state index contributed by atoms with van der Waals surface area (Å²) in [6.07, 6.45) is 3.27. The average molecular weight is 439 g/mol. The molecule has 3 rings (SSSR count). The quantitative estimate of drug-likeness (QED) is 0.460. The van der Waals surface area contributed by atoms with Crippen molar-refractivity contribution in [3.8, 4) is 0 Å². The van der Waals surface area contributed by atoms with Gasteiger partial charge in [-0.15, -0.1) is 0 Å². The topological polar surface area (TPSA) is 144 Å². The van der Waals surface area contributed by atoms with Crippen LogP contribution in [0.5, 0.6) is 0 Å². The first-order chi connectivity index (χ1) is 13.8. The lowest BCUT2D eigenvalue weighted by molar-refractivity contribution is -0.124. The first kappa shape index (κ1) is 21.3. The number of halogens is 1. The number of aromatic nitrogens is 1. The molecule has 0 spiro atoms. The summed E-state index contributed by atoms with van der Waals surface area (Å²) in [7, 11) is -3.92. The maximum Gasteiger partial charge on any atom is 0.243 e. The second kappa shape index (κ2) is 8.52. The third kappa shape index (κ3) is 4.29. The van der Waals surface area contributed by atoms with Crippen molar-refractivity contribution >= 4 is 50.1 Å². The number of hydrogen-bond acceptors (Lipinski definition) is 5. The lowest BCUT2D eigenvalue weighted by Crippen LogP contribution is -2.46. The molecule has 0 bridgehead atoms. The van der Waals surface area contributed by atoms with Gasteiger partial charge in [0.25, 0.3) is 0 Å². The Labute approximate surface area is 174 Å². The number of rotatable bonds is 6. The standard InChI is InChI=1S/C18H23ClN6O3S/c1-2-7-22-17(26)15-4-3-8-25(15)29(27,28)11-5-6-12-13(9-11)16(24-18(20)21)23-10-14(12)19/h5-6,9-10,15H,2-4,7-8H2,1H3,(H,22,26)(H4,20,21,23,24)/t15-/m1/s1. The Morgan fingerprint density at radius 1 is 1.38 bits per heavy atom. The largest absolute Gasteiger partial charge is 0.370 e. The van der Waals surface area contributed by atoms with E-state index in [1.165, 1.54) is 22.6 Å². The molecule has 11 heteroatoms. The van der Waals surface area contributed by atoms with Gasteiger partial charge in [0.2, 0.25) is 15.9 Å². The molecular weight excluding hydrogens is 416 g/mol. The van der Waals surface area contributed by atoms with Crippen LogP contribution in [-0.2, 0) is 14.8 Å². The van der Waals surface area contributed by atoms with Gasteiger partial charge in [0.15, 0.2) is 11.8 Å². The average Bonchev–Trinajstić information content (AvgIpc) is 3.18. The molecule has 2 heterocycles. The van der Waals surface area contributed by atoms with E-state index in [9.17, 15) is 13.2 Å². The maximum atomic E-state index is 13.3. The Bertz CT molecular complexity index is 1070. The normalized spacial score (nSPS) is 17.4. The highest BCUT2D eigenvalue weighted by Crippen LogP contribution is 2.33. The number of pyridine rings is 1. The van der Waals surface area contributed by atoms with Crippen molar-refractivity contribution in [1.29, 1.82) is 0 Å². The van der Waals surface area contributed by atoms with E-state index >= 15 is 0 Å². The Balaban J connectivity index is 2.04. The van der Waals surface area contributed by atoms with Crippen LogP contribution in [0.2, 0.25) is 5.02 Å². The molecule has 1 atom stereocenters. The lowest BCUT2D eigenvalue weighted by atomic mass is 10.1. The van der Waals surface area contributed by atoms with Crippen molar-refractivity contribution in [3.05, 3.63) is 29.4 Å². The second-order valence-corrected chi connectivity index (χ2v) is 9.04. The van der Waals surface area contributed by atoms with E-state index in [2.05, 4.69) is 15.3 Å². The van der Waals surface area contributed by atoms with Gasteiger partial charge < -0.3 is 16.8 Å². The molecule has 1 aliphatic heterocycles. The number of nitrogens with two attached hydrogens (primary N) is 2. The molecule has 9 nitrogen and oxygen atoms in total. The van der Waals surface area contributed by atoms with Gasteiger partial charge in [-0.25, -0.2) is 13.4 Å². The van der Waals surface area contributed by atoms with Crippen LogP contribution in [-0.4, -0.2) is 48.7 Å². The number of sulfonamides is 1. The summed E-state index contributed by atoms with van der Waals surface area (Å²) in [4.78, 5) is 20.5. The van der Waals surface area contributed by atoms with Gasteiger partial charge in [0.05, 0.1) is 9.92 Å². The van der Waals surface area contributed by atoms with Gasteiger partial charge in [-0.1, -0.05) is 24.6 Å². The van der Waals surface area contributed by atoms with E-state index < -0.39 is 16.1 Å². The fourth-order valence-electron chi connectivity index (χ4n) is 3.34. The first-order valence-corrected chi connectivity index (χ1v) is 11.0. The molecule has 0 aliphatic carbocycles. The number of hydrogen-bond donors (Lipinski definition) is 3. The van der Waals surface area contributed by atoms with Crippen molar-refractivity contribution in [3.63, 3.8) is 0 Å². The van der Waals surface area contributed by atoms with E-state index in [0.717, 1.165) is 6.42 Å². The van der Waals surface area contributed by atoms with E-state index in [4.69, 9.17) is 23.1 Å². The van der Waals surface area contributed by atoms with Crippen LogP contribution in [0.1, 0.15) is 26.2 Å². The van der Waals surface area contributed by atoms with Crippen LogP contribution in [0, 0.1) is 0 Å². The van der Waals surface area contributed by atoms with Crippen LogP contribution in [0.4, 0.5) is 5.82 Å². The van der Waals surface area contributed by atoms with Crippen LogP contribution >= 0.6 is 11.6 Å². The molecular formula is C18H23ClN6O3S. The molecule has 0 radical (unpaired) electrons. The Hall–Kier alpha value is -2.43. The van der Waals surface area contributed by atoms with Crippen molar-refractivity contribution < 1.29 is 13.2 Å². The second-order valence-electron chi connectivity index (χ2n) is 6.74. The Morgan fingerprint density at radius 2 is 2.14 bits per heavy atom. The predicted molar refractivity (Wildman–Crippen MR) is 112 cm³/mol. The summed E-state index contributed by atoms with van der Waals surface area (Å²) in [5, 5.41) is 4.09. The molecule has 0 saturated carbocycles. The van der Waals surface area contributed by atoms with Crippen molar-refractivity contribution in [2.45, 2.75) is 37.1 Å². The number of benzene rings is 1. The highest BCUT2D eigenvalue weighted by Gasteiger charge is 2.39. The summed E-state index contributed by atoms with van der Waals surface area (Å²) >= 11 is 6.19. The molecule has 0 unspecified atom stereocenters. The van der Waals surface area contributed by atoms with Crippen LogP contribution in [0.15, 0.2) is 34.3 Å². The van der Waals surface area contributed by atoms with E-state index in [0.29, 0.717) is 35.2 Å². The monoisotopic (exact) mass is 438 g/mol. The number of nitrogens with zero attached hydrogens (tertiary/aromatic N) is 3. The van der Waals surface area contributed by atoms with Crippen LogP contribution < -0.4 is 16.8 Å². The minimum atomic E-state index is -3.92. The minimum absolute atomic E-state index is 0.0244. The van der Waals surface area contributed by atoms with Crippen molar-refractivity contribution in [1.82, 2.24) is 14.6 Å². The number of amides is 1. The molecule has 156 valence electrons. The highest BCUT2D eigenvalue weighted by atomic mass is 35.5. The van der Waals surface area contributed by atoms with Crippen molar-refractivity contribution in [2.24, 2.45) is 16.5 Å². The number of guanidine groups is 1. The molecule has 1 amide bonds. The maximum absolute atomic E-state index is 13.3. The van der Waals surface area contributed by atoms with E-state index in [1.54, 1.807) is 6.07 Å². The zero-order chi connectivity index (χ0) is 21.2. The SMILES string of the molecule is CCCNC(=O)[C@H]1CCCN1S(=O)(=O)c1ccc2c(Cl)cnc(N=C(N)N)c2c1. The zero-order valence-corrected chi connectivity index (χ0v) is 17.5. The Kier molecular flexibility index (Phi) is 6.25. The summed E-state index contributed by atoms with van der Waals surface area (Å²) in [5.41, 5.74) is 10.9. The number of fused-ring (bicyclic) bond motifs is 1. The first-order valence-electron chi connectivity index (χ1n) is 9.23. The van der Waals surface area contributed by atoms with Gasteiger partial charge in [0, 0.05) is 30.1 Å². The number of aliphatic imine (C=N–C) groups is 1. The fourth-order valence-corrected chi connectivity index (χ4v) is 5.23. The fraction of sp³-hybridized carbons (Fsp3) is 0.389. The Morgan fingerprint density at radius 3 is 2.83 bits per heavy atom. The van der Waals surface area contributed by atoms with Crippen molar-refractivity contribution in [2.75, 3.05) is 13.1 Å². The molecule has 1 aliphatic rings. The number of carbonyl (C=O) groups excluding carboxylic acids is 1. The number of carbonyl (C=O) groups is 1. The van der Waals surface area contributed by atoms with Gasteiger partial charge in [-0.2, -0.15) is 9.30 Å². The summed E-state index contributed by atoms with van der Waals surface area (Å²) in [6.45, 7) is 2.72. The highest BCUT2D eigenvalue weighted by molar-refractivity contribution is 7.89. The zero-order valence-electron chi connectivity index (χ0n) is 15.9. The predicted octanol–water partition coefficient (Wildman–Crippen LogP) is 1.47. The molecule has 1 aromatic carbocycles. The molecule has 1 aromatic heterocycles. The molecule has 29 heavy (non-hydrogen) atoms. The summed E-state index contributed by atoms with van der Waals surface area (Å²) in [5.74, 6) is -0.318. The molecule has 2 aromatic rings. The summed E-state index contributed by atoms with van der Waals surface area (Å²) < 4.78 is 27.8. The van der Waals surface area contributed by atoms with Crippen LogP contribution in [0.25, 0.3) is 10.8 Å². The molecule has 1 fully saturated rings. The van der Waals surface area contributed by atoms with Gasteiger partial charge in [0.1, 0.15) is 6.04 Å². The minimum Gasteiger partial charge on any atom is -0.370 e. The van der Waals surface area contributed by atoms with E-state index in [1.807, 2.05) is 6.92 Å². The third-order valence-electron chi connectivity index (χ3n) is 4.69. The summed E-state index contributed by atoms with van der Waals surface area (Å²) in [6, 6.07) is 3.75. The van der Waals surface area contributed by atoms with E-state index in [-0.39, 0.29) is 29.1 Å². The molecule has 1 saturated heterocycles. The lowest BCUT2D eigenvalue weighted by Gasteiger charge is -2.23. The van der Waals surface area contributed by atoms with Gasteiger partial charge in [-0.05, 0) is 31.4 Å². The smallest absolute Gasteiger partial charge is 0.243 e.